The average Bonchev–Trinajstić information content (AvgIpc) is 3.03. The first kappa shape index (κ1) is 21.6. The van der Waals surface area contributed by atoms with Crippen LogP contribution < -0.4 is 0 Å². The van der Waals surface area contributed by atoms with Gasteiger partial charge in [-0.25, -0.2) is 0 Å². The van der Waals surface area contributed by atoms with Gasteiger partial charge in [0.15, 0.2) is 0 Å². The van der Waals surface area contributed by atoms with Crippen LogP contribution in [0.4, 0.5) is 0 Å². The van der Waals surface area contributed by atoms with E-state index in [-0.39, 0.29) is 0 Å². The summed E-state index contributed by atoms with van der Waals surface area (Å²) in [6.45, 7) is 0. The molecule has 8 aromatic carbocycles. The Kier molecular flexibility index (Phi) is 4.39. The SMILES string of the molecule is c1ccc(-c2ccc(-c3cc4ccc5cccc6c7cccc8ccc9cccc(c(c3)c4c56)c9c87)cc2)nc1. The van der Waals surface area contributed by atoms with Crippen molar-refractivity contribution < 1.29 is 0 Å². The minimum Gasteiger partial charge on any atom is -0.256 e. The van der Waals surface area contributed by atoms with Crippen LogP contribution in [0.5, 0.6) is 0 Å². The molecule has 1 heteroatoms. The molecule has 0 aliphatic carbocycles. The molecule has 0 spiro atoms. The van der Waals surface area contributed by atoms with Crippen LogP contribution in [0, 0.1) is 0 Å². The number of pyridine rings is 1. The van der Waals surface area contributed by atoms with Gasteiger partial charge in [-0.1, -0.05) is 109 Å². The molecule has 0 radical (unpaired) electrons. The van der Waals surface area contributed by atoms with Gasteiger partial charge in [0.1, 0.15) is 0 Å². The summed E-state index contributed by atoms with van der Waals surface area (Å²) in [5.41, 5.74) is 4.56. The number of benzene rings is 7. The van der Waals surface area contributed by atoms with Gasteiger partial charge in [0.2, 0.25) is 0 Å². The normalized spacial score (nSPS) is 12.0. The summed E-state index contributed by atoms with van der Waals surface area (Å²) in [6.07, 6.45) is 1.85. The van der Waals surface area contributed by atoms with Gasteiger partial charge < -0.3 is 0 Å². The van der Waals surface area contributed by atoms with E-state index >= 15 is 0 Å². The Hall–Kier alpha value is -5.27. The number of nitrogens with zero attached hydrogens (tertiary/aromatic N) is 1. The van der Waals surface area contributed by atoms with Crippen LogP contribution in [0.3, 0.4) is 0 Å². The summed E-state index contributed by atoms with van der Waals surface area (Å²) >= 11 is 0. The molecular weight excluding hydrogens is 482 g/mol. The van der Waals surface area contributed by atoms with Crippen molar-refractivity contribution in [1.82, 2.24) is 4.98 Å². The van der Waals surface area contributed by atoms with Gasteiger partial charge in [0.25, 0.3) is 0 Å². The van der Waals surface area contributed by atoms with Crippen molar-refractivity contribution in [3.8, 4) is 22.4 Å². The molecule has 1 aromatic heterocycles. The lowest BCUT2D eigenvalue weighted by molar-refractivity contribution is 1.33. The molecule has 184 valence electrons. The predicted octanol–water partition coefficient (Wildman–Crippen LogP) is 10.8. The maximum atomic E-state index is 4.53. The van der Waals surface area contributed by atoms with E-state index in [4.69, 9.17) is 0 Å². The Morgan fingerprint density at radius 1 is 0.325 bits per heavy atom. The van der Waals surface area contributed by atoms with Gasteiger partial charge >= 0.3 is 0 Å². The van der Waals surface area contributed by atoms with Gasteiger partial charge in [0.05, 0.1) is 5.69 Å². The van der Waals surface area contributed by atoms with Crippen LogP contribution in [0.25, 0.3) is 87.0 Å². The Morgan fingerprint density at radius 2 is 0.850 bits per heavy atom. The lowest BCUT2D eigenvalue weighted by Gasteiger charge is -2.17. The number of rotatable bonds is 2. The molecule has 0 saturated heterocycles. The molecule has 0 unspecified atom stereocenters. The molecule has 1 heterocycles. The highest BCUT2D eigenvalue weighted by molar-refractivity contribution is 6.37. The monoisotopic (exact) mass is 505 g/mol. The standard InChI is InChI=1S/C39H23N/c1-2-21-40-35(12-1)25-15-13-24(14-16-25)30-22-29-20-19-28-7-4-10-32-31-9-3-6-26-17-18-27-8-5-11-33(38(27)36(26)31)34(23-30)39(29)37(28)32/h1-23H. The summed E-state index contributed by atoms with van der Waals surface area (Å²) in [4.78, 5) is 4.53. The van der Waals surface area contributed by atoms with E-state index < -0.39 is 0 Å². The smallest absolute Gasteiger partial charge is 0.0701 e. The first-order valence-electron chi connectivity index (χ1n) is 13.8. The van der Waals surface area contributed by atoms with Crippen molar-refractivity contribution in [1.29, 1.82) is 0 Å². The second kappa shape index (κ2) is 8.11. The second-order valence-electron chi connectivity index (χ2n) is 10.8. The summed E-state index contributed by atoms with van der Waals surface area (Å²) in [5.74, 6) is 0. The van der Waals surface area contributed by atoms with Gasteiger partial charge in [-0.15, -0.1) is 0 Å². The van der Waals surface area contributed by atoms with Gasteiger partial charge in [-0.3, -0.25) is 4.98 Å². The Morgan fingerprint density at radius 3 is 1.43 bits per heavy atom. The lowest BCUT2D eigenvalue weighted by atomic mass is 9.86. The van der Waals surface area contributed by atoms with Gasteiger partial charge in [0, 0.05) is 11.8 Å². The Balaban J connectivity index is 1.46. The fourth-order valence-corrected chi connectivity index (χ4v) is 6.82. The second-order valence-corrected chi connectivity index (χ2v) is 10.8. The lowest BCUT2D eigenvalue weighted by Crippen LogP contribution is -1.89. The zero-order valence-corrected chi connectivity index (χ0v) is 21.7. The van der Waals surface area contributed by atoms with Crippen LogP contribution in [0.15, 0.2) is 140 Å². The molecule has 0 bridgehead atoms. The maximum Gasteiger partial charge on any atom is 0.0701 e. The molecule has 0 aliphatic heterocycles. The fraction of sp³-hybridized carbons (Fsp3) is 0. The molecule has 0 atom stereocenters. The first-order valence-corrected chi connectivity index (χ1v) is 13.8. The molecule has 9 aromatic rings. The number of hydrogen-bond donors (Lipinski definition) is 0. The van der Waals surface area contributed by atoms with Crippen LogP contribution in [0.2, 0.25) is 0 Å². The largest absolute Gasteiger partial charge is 0.256 e. The van der Waals surface area contributed by atoms with Crippen molar-refractivity contribution in [2.24, 2.45) is 0 Å². The van der Waals surface area contributed by atoms with Crippen LogP contribution in [0.1, 0.15) is 0 Å². The molecule has 0 N–H and O–H groups in total. The van der Waals surface area contributed by atoms with Crippen molar-refractivity contribution >= 4 is 64.6 Å². The highest BCUT2D eigenvalue weighted by atomic mass is 14.7. The highest BCUT2D eigenvalue weighted by Gasteiger charge is 2.16. The highest BCUT2D eigenvalue weighted by Crippen LogP contribution is 2.44. The fourth-order valence-electron chi connectivity index (χ4n) is 6.82. The third-order valence-electron chi connectivity index (χ3n) is 8.60. The van der Waals surface area contributed by atoms with Gasteiger partial charge in [-0.05, 0) is 100 Å². The van der Waals surface area contributed by atoms with E-state index in [1.165, 1.54) is 75.8 Å². The molecule has 1 nitrogen and oxygen atoms in total. The quantitative estimate of drug-likeness (QED) is 0.213. The predicted molar refractivity (Wildman–Crippen MR) is 171 cm³/mol. The zero-order valence-electron chi connectivity index (χ0n) is 21.7. The number of fused-ring (bicyclic) bond motifs is 2. The van der Waals surface area contributed by atoms with E-state index in [0.717, 1.165) is 11.3 Å². The van der Waals surface area contributed by atoms with Crippen molar-refractivity contribution in [2.45, 2.75) is 0 Å². The Bertz CT molecular complexity index is 2390. The van der Waals surface area contributed by atoms with Crippen LogP contribution in [-0.4, -0.2) is 4.98 Å². The summed E-state index contributed by atoms with van der Waals surface area (Å²) in [6, 6.07) is 49.0. The molecule has 0 saturated carbocycles. The maximum absolute atomic E-state index is 4.53. The minimum atomic E-state index is 0.993. The van der Waals surface area contributed by atoms with Crippen molar-refractivity contribution in [3.05, 3.63) is 140 Å². The van der Waals surface area contributed by atoms with Crippen LogP contribution >= 0.6 is 0 Å². The van der Waals surface area contributed by atoms with Gasteiger partial charge in [-0.2, -0.15) is 0 Å². The van der Waals surface area contributed by atoms with Crippen molar-refractivity contribution in [2.75, 3.05) is 0 Å². The molecule has 0 aliphatic rings. The average molecular weight is 506 g/mol. The summed E-state index contributed by atoms with van der Waals surface area (Å²) in [7, 11) is 0. The first-order chi connectivity index (χ1) is 19.8. The molecule has 40 heavy (non-hydrogen) atoms. The third kappa shape index (κ3) is 3.00. The molecule has 0 fully saturated rings. The minimum absolute atomic E-state index is 0.993. The number of hydrogen-bond acceptors (Lipinski definition) is 1. The topological polar surface area (TPSA) is 12.9 Å². The van der Waals surface area contributed by atoms with E-state index in [9.17, 15) is 0 Å². The molecular formula is C39H23N. The van der Waals surface area contributed by atoms with E-state index in [1.54, 1.807) is 0 Å². The zero-order chi connectivity index (χ0) is 26.2. The number of aromatic nitrogens is 1. The van der Waals surface area contributed by atoms with E-state index in [1.807, 2.05) is 18.3 Å². The van der Waals surface area contributed by atoms with E-state index in [0.29, 0.717) is 0 Å². The third-order valence-corrected chi connectivity index (χ3v) is 8.60. The Labute approximate surface area is 231 Å². The molecule has 9 rings (SSSR count). The van der Waals surface area contributed by atoms with Crippen molar-refractivity contribution in [3.63, 3.8) is 0 Å². The summed E-state index contributed by atoms with van der Waals surface area (Å²) < 4.78 is 0. The summed E-state index contributed by atoms with van der Waals surface area (Å²) in [5, 5.41) is 15.7. The molecule has 0 amide bonds. The van der Waals surface area contributed by atoms with E-state index in [2.05, 4.69) is 126 Å². The van der Waals surface area contributed by atoms with Crippen LogP contribution in [-0.2, 0) is 0 Å².